The van der Waals surface area contributed by atoms with E-state index in [-0.39, 0.29) is 0 Å². The molecular weight excluding hydrogens is 226 g/mol. The number of hydrogen-bond acceptors (Lipinski definition) is 1. The average molecular weight is 237 g/mol. The molecule has 88 valence electrons. The molecule has 0 saturated carbocycles. The van der Waals surface area contributed by atoms with Crippen LogP contribution in [0.5, 0.6) is 0 Å². The van der Waals surface area contributed by atoms with E-state index in [4.69, 9.17) is 5.11 Å². The van der Waals surface area contributed by atoms with Crippen molar-refractivity contribution >= 4 is 16.9 Å². The molecule has 3 nitrogen and oxygen atoms in total. The molecule has 0 saturated heterocycles. The molecule has 0 unspecified atom stereocenters. The van der Waals surface area contributed by atoms with Crippen LogP contribution in [0.4, 0.5) is 0 Å². The van der Waals surface area contributed by atoms with Gasteiger partial charge >= 0.3 is 5.97 Å². The zero-order valence-corrected chi connectivity index (χ0v) is 9.55. The van der Waals surface area contributed by atoms with Crippen LogP contribution in [0.25, 0.3) is 22.0 Å². The Balaban J connectivity index is 2.20. The number of benzene rings is 2. The maximum Gasteiger partial charge on any atom is 0.335 e. The van der Waals surface area contributed by atoms with Gasteiger partial charge in [-0.15, -0.1) is 0 Å². The number of H-pyrrole nitrogens is 1. The summed E-state index contributed by atoms with van der Waals surface area (Å²) < 4.78 is 0. The topological polar surface area (TPSA) is 53.1 Å². The van der Waals surface area contributed by atoms with Crippen LogP contribution in [-0.4, -0.2) is 16.1 Å². The highest BCUT2D eigenvalue weighted by Gasteiger charge is 2.08. The molecule has 3 aromatic rings. The van der Waals surface area contributed by atoms with Gasteiger partial charge in [0.2, 0.25) is 0 Å². The highest BCUT2D eigenvalue weighted by atomic mass is 16.4. The fourth-order valence-electron chi connectivity index (χ4n) is 2.13. The van der Waals surface area contributed by atoms with Crippen LogP contribution in [0.3, 0.4) is 0 Å². The first-order chi connectivity index (χ1) is 8.75. The molecule has 0 radical (unpaired) electrons. The minimum atomic E-state index is -0.906. The molecule has 1 aromatic heterocycles. The van der Waals surface area contributed by atoms with E-state index in [0.717, 1.165) is 22.0 Å². The smallest absolute Gasteiger partial charge is 0.335 e. The molecule has 0 spiro atoms. The van der Waals surface area contributed by atoms with Crippen LogP contribution in [0.15, 0.2) is 54.7 Å². The minimum absolute atomic E-state index is 0.304. The normalized spacial score (nSPS) is 10.7. The van der Waals surface area contributed by atoms with Crippen LogP contribution < -0.4 is 0 Å². The lowest BCUT2D eigenvalue weighted by Gasteiger charge is -2.01. The van der Waals surface area contributed by atoms with E-state index in [0.29, 0.717) is 5.56 Å². The molecule has 0 aliphatic carbocycles. The number of aromatic amines is 1. The van der Waals surface area contributed by atoms with Crippen molar-refractivity contribution in [2.75, 3.05) is 0 Å². The summed E-state index contributed by atoms with van der Waals surface area (Å²) in [5, 5.41) is 10.1. The van der Waals surface area contributed by atoms with E-state index in [1.54, 1.807) is 18.2 Å². The third-order valence-corrected chi connectivity index (χ3v) is 3.01. The van der Waals surface area contributed by atoms with E-state index in [2.05, 4.69) is 4.98 Å². The van der Waals surface area contributed by atoms with E-state index in [9.17, 15) is 4.79 Å². The number of hydrogen-bond donors (Lipinski definition) is 2. The maximum absolute atomic E-state index is 11.0. The number of aromatic nitrogens is 1. The van der Waals surface area contributed by atoms with Crippen LogP contribution in [0.2, 0.25) is 0 Å². The molecule has 0 aliphatic heterocycles. The van der Waals surface area contributed by atoms with Crippen molar-refractivity contribution in [1.82, 2.24) is 4.98 Å². The third kappa shape index (κ3) is 1.66. The zero-order valence-electron chi connectivity index (χ0n) is 9.55. The Labute approximate surface area is 104 Å². The summed E-state index contributed by atoms with van der Waals surface area (Å²) >= 11 is 0. The van der Waals surface area contributed by atoms with Gasteiger partial charge in [0.1, 0.15) is 0 Å². The molecule has 0 aliphatic rings. The number of rotatable bonds is 2. The fraction of sp³-hybridized carbons (Fsp3) is 0. The lowest BCUT2D eigenvalue weighted by Crippen LogP contribution is -1.95. The van der Waals surface area contributed by atoms with Gasteiger partial charge in [-0.1, -0.05) is 30.3 Å². The second kappa shape index (κ2) is 4.04. The highest BCUT2D eigenvalue weighted by molar-refractivity contribution is 5.97. The number of para-hydroxylation sites is 1. The van der Waals surface area contributed by atoms with Crippen LogP contribution >= 0.6 is 0 Å². The number of carboxylic acid groups (broad SMARTS) is 1. The molecule has 2 N–H and O–H groups in total. The Kier molecular flexibility index (Phi) is 2.38. The summed E-state index contributed by atoms with van der Waals surface area (Å²) in [5.74, 6) is -0.906. The molecule has 18 heavy (non-hydrogen) atoms. The van der Waals surface area contributed by atoms with Crippen LogP contribution in [0.1, 0.15) is 10.4 Å². The van der Waals surface area contributed by atoms with Gasteiger partial charge in [-0.25, -0.2) is 4.79 Å². The van der Waals surface area contributed by atoms with Gasteiger partial charge in [-0.3, -0.25) is 0 Å². The highest BCUT2D eigenvalue weighted by Crippen LogP contribution is 2.28. The molecule has 0 amide bonds. The largest absolute Gasteiger partial charge is 0.478 e. The minimum Gasteiger partial charge on any atom is -0.478 e. The Morgan fingerprint density at radius 2 is 1.89 bits per heavy atom. The Bertz CT molecular complexity index is 728. The standard InChI is InChI=1S/C15H11NO2/c17-15(18)11-5-3-4-10(8-11)13-9-16-14-7-2-1-6-12(13)14/h1-9,16H,(H,17,18). The number of fused-ring (bicyclic) bond motifs is 1. The van der Waals surface area contributed by atoms with Gasteiger partial charge in [-0.05, 0) is 23.8 Å². The van der Waals surface area contributed by atoms with Gasteiger partial charge in [0, 0.05) is 22.7 Å². The van der Waals surface area contributed by atoms with Crippen molar-refractivity contribution in [3.05, 3.63) is 60.3 Å². The van der Waals surface area contributed by atoms with E-state index >= 15 is 0 Å². The van der Waals surface area contributed by atoms with Gasteiger partial charge in [0.15, 0.2) is 0 Å². The van der Waals surface area contributed by atoms with Gasteiger partial charge in [0.25, 0.3) is 0 Å². The molecule has 0 fully saturated rings. The second-order valence-corrected chi connectivity index (χ2v) is 4.13. The van der Waals surface area contributed by atoms with Crippen molar-refractivity contribution in [3.8, 4) is 11.1 Å². The third-order valence-electron chi connectivity index (χ3n) is 3.01. The second-order valence-electron chi connectivity index (χ2n) is 4.13. The van der Waals surface area contributed by atoms with Gasteiger partial charge < -0.3 is 10.1 Å². The molecular formula is C15H11NO2. The summed E-state index contributed by atoms with van der Waals surface area (Å²) in [6, 6.07) is 14.9. The number of nitrogens with one attached hydrogen (secondary N) is 1. The van der Waals surface area contributed by atoms with E-state index in [1.807, 2.05) is 36.5 Å². The summed E-state index contributed by atoms with van der Waals surface area (Å²) in [5.41, 5.74) is 3.28. The summed E-state index contributed by atoms with van der Waals surface area (Å²) in [6.45, 7) is 0. The zero-order chi connectivity index (χ0) is 12.5. The van der Waals surface area contributed by atoms with E-state index in [1.165, 1.54) is 0 Å². The van der Waals surface area contributed by atoms with Crippen molar-refractivity contribution in [2.24, 2.45) is 0 Å². The summed E-state index contributed by atoms with van der Waals surface area (Å²) in [4.78, 5) is 14.2. The molecule has 3 rings (SSSR count). The number of carboxylic acids is 1. The first kappa shape index (κ1) is 10.6. The predicted molar refractivity (Wildman–Crippen MR) is 70.7 cm³/mol. The van der Waals surface area contributed by atoms with Crippen LogP contribution in [-0.2, 0) is 0 Å². The van der Waals surface area contributed by atoms with E-state index < -0.39 is 5.97 Å². The van der Waals surface area contributed by atoms with Crippen molar-refractivity contribution < 1.29 is 9.90 Å². The quantitative estimate of drug-likeness (QED) is 0.716. The monoisotopic (exact) mass is 237 g/mol. The van der Waals surface area contributed by atoms with Crippen molar-refractivity contribution in [1.29, 1.82) is 0 Å². The molecule has 0 atom stereocenters. The summed E-state index contributed by atoms with van der Waals surface area (Å²) in [6.07, 6.45) is 1.91. The van der Waals surface area contributed by atoms with Gasteiger partial charge in [0.05, 0.1) is 5.56 Å². The number of aromatic carboxylic acids is 1. The first-order valence-electron chi connectivity index (χ1n) is 5.65. The molecule has 3 heteroatoms. The first-order valence-corrected chi connectivity index (χ1v) is 5.65. The lowest BCUT2D eigenvalue weighted by atomic mass is 10.0. The Morgan fingerprint density at radius 3 is 2.72 bits per heavy atom. The fourth-order valence-corrected chi connectivity index (χ4v) is 2.13. The molecule has 2 aromatic carbocycles. The van der Waals surface area contributed by atoms with Crippen LogP contribution in [0, 0.1) is 0 Å². The van der Waals surface area contributed by atoms with Gasteiger partial charge in [-0.2, -0.15) is 0 Å². The Morgan fingerprint density at radius 1 is 1.06 bits per heavy atom. The number of carbonyl (C=O) groups is 1. The average Bonchev–Trinajstić information content (AvgIpc) is 2.82. The molecule has 1 heterocycles. The summed E-state index contributed by atoms with van der Waals surface area (Å²) in [7, 11) is 0. The predicted octanol–water partition coefficient (Wildman–Crippen LogP) is 3.53. The Hall–Kier alpha value is -2.55. The lowest BCUT2D eigenvalue weighted by molar-refractivity contribution is 0.0697. The SMILES string of the molecule is O=C(O)c1cccc(-c2c[nH]c3ccccc23)c1. The van der Waals surface area contributed by atoms with Crippen molar-refractivity contribution in [3.63, 3.8) is 0 Å². The van der Waals surface area contributed by atoms with Crippen molar-refractivity contribution in [2.45, 2.75) is 0 Å². The maximum atomic E-state index is 11.0. The molecule has 0 bridgehead atoms.